The van der Waals surface area contributed by atoms with Gasteiger partial charge in [0.2, 0.25) is 11.9 Å². The fourth-order valence-electron chi connectivity index (χ4n) is 3.53. The van der Waals surface area contributed by atoms with Gasteiger partial charge in [0.25, 0.3) is 0 Å². The van der Waals surface area contributed by atoms with Gasteiger partial charge >= 0.3 is 0 Å². The minimum Gasteiger partial charge on any atom is -0.494 e. The molecule has 9 nitrogen and oxygen atoms in total. The van der Waals surface area contributed by atoms with Gasteiger partial charge in [-0.15, -0.1) is 0 Å². The average Bonchev–Trinajstić information content (AvgIpc) is 3.28. The molecule has 10 heteroatoms. The maximum Gasteiger partial charge on any atom is 0.247 e. The minimum absolute atomic E-state index is 0.292. The van der Waals surface area contributed by atoms with E-state index in [1.54, 1.807) is 30.6 Å². The molecule has 0 saturated heterocycles. The number of benzene rings is 2. The summed E-state index contributed by atoms with van der Waals surface area (Å²) in [6.07, 6.45) is 4.58. The summed E-state index contributed by atoms with van der Waals surface area (Å²) < 4.78 is 25.3. The van der Waals surface area contributed by atoms with Crippen LogP contribution in [-0.2, 0) is 4.79 Å². The number of anilines is 3. The molecule has 4 aromatic rings. The minimum atomic E-state index is -0.381. The molecule has 0 spiro atoms. The second-order valence-electron chi connectivity index (χ2n) is 8.19. The number of halogens is 1. The lowest BCUT2D eigenvalue weighted by atomic mass is 10.1. The standard InChI is InChI=1S/C26H27FN6O3/c1-5-24(34)30-20-12-19(22(35-4)13-23(20)36-10-9-33(2)3)31-26-29-15-21-25(32-26)18(14-28-21)16-7-6-8-17(27)11-16/h5-8,11-15,28H,1,9-10H2,2-4H3,(H,30,34)(H,29,31,32). The second-order valence-corrected chi connectivity index (χ2v) is 8.19. The number of hydrogen-bond acceptors (Lipinski definition) is 7. The van der Waals surface area contributed by atoms with Crippen LogP contribution in [0.3, 0.4) is 0 Å². The van der Waals surface area contributed by atoms with Crippen LogP contribution in [0, 0.1) is 5.82 Å². The molecule has 1 amide bonds. The van der Waals surface area contributed by atoms with E-state index >= 15 is 0 Å². The molecule has 0 aliphatic carbocycles. The van der Waals surface area contributed by atoms with E-state index in [0.29, 0.717) is 58.6 Å². The Morgan fingerprint density at radius 2 is 2.06 bits per heavy atom. The Bertz CT molecular complexity index is 1400. The van der Waals surface area contributed by atoms with Crippen LogP contribution >= 0.6 is 0 Å². The van der Waals surface area contributed by atoms with Gasteiger partial charge in [-0.2, -0.15) is 0 Å². The number of amides is 1. The molecule has 0 unspecified atom stereocenters. The van der Waals surface area contributed by atoms with E-state index in [-0.39, 0.29) is 11.7 Å². The van der Waals surface area contributed by atoms with E-state index in [1.165, 1.54) is 25.3 Å². The third kappa shape index (κ3) is 5.61. The number of hydrogen-bond donors (Lipinski definition) is 3. The third-order valence-electron chi connectivity index (χ3n) is 5.34. The molecule has 0 saturated carbocycles. The molecule has 2 aromatic heterocycles. The summed E-state index contributed by atoms with van der Waals surface area (Å²) in [4.78, 5) is 26.2. The van der Waals surface area contributed by atoms with Gasteiger partial charge in [-0.25, -0.2) is 14.4 Å². The number of carbonyl (C=O) groups excluding carboxylic acids is 1. The number of aromatic amines is 1. The van der Waals surface area contributed by atoms with Gasteiger partial charge in [-0.3, -0.25) is 4.79 Å². The Morgan fingerprint density at radius 1 is 1.22 bits per heavy atom. The quantitative estimate of drug-likeness (QED) is 0.280. The first-order valence-corrected chi connectivity index (χ1v) is 11.2. The van der Waals surface area contributed by atoms with E-state index in [0.717, 1.165) is 5.56 Å². The molecule has 0 bridgehead atoms. The first-order valence-electron chi connectivity index (χ1n) is 11.2. The summed E-state index contributed by atoms with van der Waals surface area (Å²) >= 11 is 0. The van der Waals surface area contributed by atoms with Crippen LogP contribution in [-0.4, -0.2) is 60.1 Å². The van der Waals surface area contributed by atoms with Gasteiger partial charge in [0, 0.05) is 24.4 Å². The highest BCUT2D eigenvalue weighted by Crippen LogP contribution is 2.38. The van der Waals surface area contributed by atoms with E-state index in [2.05, 4.69) is 32.2 Å². The smallest absolute Gasteiger partial charge is 0.247 e. The normalized spacial score (nSPS) is 10.9. The number of rotatable bonds is 10. The molecule has 2 heterocycles. The first-order chi connectivity index (χ1) is 17.4. The van der Waals surface area contributed by atoms with E-state index in [9.17, 15) is 9.18 Å². The molecular weight excluding hydrogens is 463 g/mol. The lowest BCUT2D eigenvalue weighted by Crippen LogP contribution is -2.20. The molecule has 4 rings (SSSR count). The van der Waals surface area contributed by atoms with Crippen molar-refractivity contribution >= 4 is 34.3 Å². The van der Waals surface area contributed by atoms with Crippen LogP contribution in [0.25, 0.3) is 22.2 Å². The van der Waals surface area contributed by atoms with Crippen molar-refractivity contribution in [2.24, 2.45) is 0 Å². The molecule has 186 valence electrons. The number of H-pyrrole nitrogens is 1. The maximum atomic E-state index is 13.8. The Hall–Kier alpha value is -4.44. The summed E-state index contributed by atoms with van der Waals surface area (Å²) in [5.41, 5.74) is 3.71. The molecule has 36 heavy (non-hydrogen) atoms. The fourth-order valence-corrected chi connectivity index (χ4v) is 3.53. The number of nitrogens with one attached hydrogen (secondary N) is 3. The van der Waals surface area contributed by atoms with Crippen molar-refractivity contribution in [3.63, 3.8) is 0 Å². The zero-order chi connectivity index (χ0) is 25.7. The van der Waals surface area contributed by atoms with Gasteiger partial charge in [0.15, 0.2) is 0 Å². The van der Waals surface area contributed by atoms with Gasteiger partial charge < -0.3 is 30.0 Å². The SMILES string of the molecule is C=CC(=O)Nc1cc(Nc2ncc3[nH]cc(-c4cccc(F)c4)c3n2)c(OC)cc1OCCN(C)C. The van der Waals surface area contributed by atoms with Crippen LogP contribution < -0.4 is 20.1 Å². The van der Waals surface area contributed by atoms with Crippen molar-refractivity contribution in [1.82, 2.24) is 19.9 Å². The summed E-state index contributed by atoms with van der Waals surface area (Å²) in [7, 11) is 5.42. The molecule has 0 atom stereocenters. The fraction of sp³-hybridized carbons (Fsp3) is 0.192. The molecule has 0 radical (unpaired) electrons. The zero-order valence-corrected chi connectivity index (χ0v) is 20.3. The van der Waals surface area contributed by atoms with Crippen LogP contribution in [0.1, 0.15) is 0 Å². The number of fused-ring (bicyclic) bond motifs is 1. The highest BCUT2D eigenvalue weighted by atomic mass is 19.1. The first kappa shape index (κ1) is 24.7. The van der Waals surface area contributed by atoms with Crippen molar-refractivity contribution in [3.8, 4) is 22.6 Å². The third-order valence-corrected chi connectivity index (χ3v) is 5.34. The molecule has 0 fully saturated rings. The van der Waals surface area contributed by atoms with Crippen molar-refractivity contribution in [2.45, 2.75) is 0 Å². The van der Waals surface area contributed by atoms with Gasteiger partial charge in [-0.05, 0) is 43.9 Å². The number of nitrogens with zero attached hydrogens (tertiary/aromatic N) is 3. The second kappa shape index (κ2) is 10.9. The Morgan fingerprint density at radius 3 is 2.78 bits per heavy atom. The molecule has 0 aliphatic heterocycles. The number of methoxy groups -OCH3 is 1. The number of likely N-dealkylation sites (N-methyl/N-ethyl adjacent to an activating group) is 1. The van der Waals surface area contributed by atoms with Gasteiger partial charge in [0.05, 0.1) is 30.2 Å². The van der Waals surface area contributed by atoms with E-state index in [1.807, 2.05) is 25.1 Å². The monoisotopic (exact) mass is 490 g/mol. The van der Waals surface area contributed by atoms with Crippen LogP contribution in [0.15, 0.2) is 61.4 Å². The highest BCUT2D eigenvalue weighted by molar-refractivity contribution is 6.00. The van der Waals surface area contributed by atoms with Gasteiger partial charge in [0.1, 0.15) is 29.4 Å². The predicted octanol–water partition coefficient (Wildman–Crippen LogP) is 4.58. The van der Waals surface area contributed by atoms with Crippen molar-refractivity contribution in [2.75, 3.05) is 45.0 Å². The molecular formula is C26H27FN6O3. The molecule has 2 aromatic carbocycles. The van der Waals surface area contributed by atoms with Crippen LogP contribution in [0.2, 0.25) is 0 Å². The summed E-state index contributed by atoms with van der Waals surface area (Å²) in [6.45, 7) is 4.61. The number of aromatic nitrogens is 3. The van der Waals surface area contributed by atoms with E-state index in [4.69, 9.17) is 9.47 Å². The topological polar surface area (TPSA) is 104 Å². The number of ether oxygens (including phenoxy) is 2. The van der Waals surface area contributed by atoms with E-state index < -0.39 is 0 Å². The Labute approximate surface area is 208 Å². The highest BCUT2D eigenvalue weighted by Gasteiger charge is 2.16. The van der Waals surface area contributed by atoms with Crippen LogP contribution in [0.4, 0.5) is 21.7 Å². The van der Waals surface area contributed by atoms with Crippen molar-refractivity contribution in [3.05, 3.63) is 67.3 Å². The largest absolute Gasteiger partial charge is 0.494 e. The predicted molar refractivity (Wildman–Crippen MR) is 138 cm³/mol. The summed E-state index contributed by atoms with van der Waals surface area (Å²) in [5, 5.41) is 5.92. The average molecular weight is 491 g/mol. The molecule has 3 N–H and O–H groups in total. The maximum absolute atomic E-state index is 13.8. The molecule has 0 aliphatic rings. The van der Waals surface area contributed by atoms with Gasteiger partial charge in [-0.1, -0.05) is 18.7 Å². The zero-order valence-electron chi connectivity index (χ0n) is 20.3. The van der Waals surface area contributed by atoms with Crippen molar-refractivity contribution in [1.29, 1.82) is 0 Å². The van der Waals surface area contributed by atoms with Crippen LogP contribution in [0.5, 0.6) is 11.5 Å². The lowest BCUT2D eigenvalue weighted by molar-refractivity contribution is -0.111. The summed E-state index contributed by atoms with van der Waals surface area (Å²) in [6, 6.07) is 9.67. The Kier molecular flexibility index (Phi) is 7.45. The Balaban J connectivity index is 1.69. The summed E-state index contributed by atoms with van der Waals surface area (Å²) in [5.74, 6) is 0.494. The van der Waals surface area contributed by atoms with Crippen molar-refractivity contribution < 1.29 is 18.7 Å². The lowest BCUT2D eigenvalue weighted by Gasteiger charge is -2.18. The number of carbonyl (C=O) groups is 1.